The molecular weight excluding hydrogens is 384 g/mol. The molecule has 4 heteroatoms. The van der Waals surface area contributed by atoms with Crippen LogP contribution >= 0.6 is 0 Å². The number of rotatable bonds is 3. The molecule has 0 spiro atoms. The van der Waals surface area contributed by atoms with Crippen LogP contribution in [0.1, 0.15) is 31.2 Å². The van der Waals surface area contributed by atoms with Gasteiger partial charge >= 0.3 is 0 Å². The average Bonchev–Trinajstić information content (AvgIpc) is 2.77. The molecule has 0 saturated carbocycles. The van der Waals surface area contributed by atoms with Gasteiger partial charge in [-0.1, -0.05) is 5.92 Å². The SMILES string of the molecule is CC#CC#CC#CC#CC#CC#CC#COc1ccc(Oc2ccc(N)cc2N)cc1.[HH].[HH].[HH].[HH].[HH].[HH].[HH].[HH].[HH].[HH].[HH].[HH].[HH].[HH].[HH].[HH].[HH]. The van der Waals surface area contributed by atoms with Gasteiger partial charge in [-0.2, -0.15) is 0 Å². The molecule has 4 nitrogen and oxygen atoms in total. The van der Waals surface area contributed by atoms with Crippen molar-refractivity contribution in [3.8, 4) is 100 Å². The van der Waals surface area contributed by atoms with Gasteiger partial charge in [0.25, 0.3) is 0 Å². The third-order valence-electron chi connectivity index (χ3n) is 3.12. The Balaban J connectivity index is -0.0000000430. The van der Waals surface area contributed by atoms with Crippen molar-refractivity contribution in [2.24, 2.45) is 0 Å². The third kappa shape index (κ3) is 8.86. The Morgan fingerprint density at radius 3 is 1.71 bits per heavy atom. The molecule has 0 aliphatic heterocycles. The Bertz CT molecular complexity index is 1430. The molecule has 2 rings (SSSR count). The zero-order valence-electron chi connectivity index (χ0n) is 16.5. The molecule has 0 aliphatic rings. The van der Waals surface area contributed by atoms with Crippen molar-refractivity contribution < 1.29 is 33.7 Å². The predicted molar refractivity (Wildman–Crippen MR) is 158 cm³/mol. The van der Waals surface area contributed by atoms with Crippen molar-refractivity contribution >= 4 is 11.4 Å². The number of anilines is 2. The van der Waals surface area contributed by atoms with Crippen molar-refractivity contribution in [1.82, 2.24) is 0 Å². The van der Waals surface area contributed by atoms with E-state index in [2.05, 4.69) is 83.1 Å². The second kappa shape index (κ2) is 12.9. The molecule has 0 unspecified atom stereocenters. The lowest BCUT2D eigenvalue weighted by molar-refractivity contribution is 0.480. The van der Waals surface area contributed by atoms with Gasteiger partial charge in [0.2, 0.25) is 0 Å². The van der Waals surface area contributed by atoms with Gasteiger partial charge in [0.15, 0.2) is 0 Å². The predicted octanol–water partition coefficient (Wildman–Crippen LogP) is 7.21. The van der Waals surface area contributed by atoms with E-state index >= 15 is 0 Å². The van der Waals surface area contributed by atoms with Gasteiger partial charge in [0, 0.05) is 65.5 Å². The summed E-state index contributed by atoms with van der Waals surface area (Å²) >= 11 is 0. The maximum absolute atomic E-state index is 5.87. The van der Waals surface area contributed by atoms with Gasteiger partial charge in [-0.25, -0.2) is 0 Å². The molecule has 31 heavy (non-hydrogen) atoms. The van der Waals surface area contributed by atoms with E-state index in [1.807, 2.05) is 0 Å². The summed E-state index contributed by atoms with van der Waals surface area (Å²) < 4.78 is 11.0. The topological polar surface area (TPSA) is 70.5 Å². The molecule has 0 amide bonds. The summed E-state index contributed by atoms with van der Waals surface area (Å²) in [6.07, 6.45) is 2.47. The highest BCUT2D eigenvalue weighted by molar-refractivity contribution is 5.61. The summed E-state index contributed by atoms with van der Waals surface area (Å²) in [5, 5.41) is 0. The Kier molecular flexibility index (Phi) is 9.07. The minimum atomic E-state index is 0. The van der Waals surface area contributed by atoms with Gasteiger partial charge in [-0.15, -0.1) is 0 Å². The number of hydrogen-bond acceptors (Lipinski definition) is 4. The summed E-state index contributed by atoms with van der Waals surface area (Å²) in [5.41, 5.74) is 12.6. The first-order chi connectivity index (χ1) is 15.2. The number of hydrogen-bond donors (Lipinski definition) is 2. The molecular formula is C27H48N2O2. The molecule has 0 heterocycles. The van der Waals surface area contributed by atoms with Crippen LogP contribution in [0.25, 0.3) is 0 Å². The van der Waals surface area contributed by atoms with Crippen molar-refractivity contribution in [3.63, 3.8) is 0 Å². The highest BCUT2D eigenvalue weighted by atomic mass is 16.5. The quantitative estimate of drug-likeness (QED) is 0.397. The normalized spacial score (nSPS) is 7.26. The van der Waals surface area contributed by atoms with E-state index in [0.29, 0.717) is 28.6 Å². The second-order valence-corrected chi connectivity index (χ2v) is 5.32. The fourth-order valence-electron chi connectivity index (χ4n) is 1.85. The smallest absolute Gasteiger partial charge is 0.150 e. The lowest BCUT2D eigenvalue weighted by Gasteiger charge is -2.09. The van der Waals surface area contributed by atoms with Crippen molar-refractivity contribution in [2.45, 2.75) is 6.92 Å². The van der Waals surface area contributed by atoms with Crippen LogP contribution in [-0.2, 0) is 0 Å². The van der Waals surface area contributed by atoms with E-state index in [4.69, 9.17) is 20.9 Å². The van der Waals surface area contributed by atoms with Crippen molar-refractivity contribution in [2.75, 3.05) is 11.5 Å². The first-order valence-electron chi connectivity index (χ1n) is 8.70. The fraction of sp³-hybridized carbons (Fsp3) is 0.0370. The molecule has 2 aromatic rings. The van der Waals surface area contributed by atoms with Crippen LogP contribution in [0.4, 0.5) is 11.4 Å². The maximum Gasteiger partial charge on any atom is 0.150 e. The van der Waals surface area contributed by atoms with Gasteiger partial charge in [0.05, 0.1) is 5.69 Å². The highest BCUT2D eigenvalue weighted by Crippen LogP contribution is 2.29. The molecule has 0 saturated heterocycles. The summed E-state index contributed by atoms with van der Waals surface area (Å²) in [7, 11) is 0. The zero-order valence-corrected chi connectivity index (χ0v) is 16.5. The molecule has 0 aromatic heterocycles. The number of nitrogens with two attached hydrogens (primary N) is 2. The van der Waals surface area contributed by atoms with Gasteiger partial charge in [-0.3, -0.25) is 0 Å². The van der Waals surface area contributed by atoms with Crippen LogP contribution in [0.3, 0.4) is 0 Å². The monoisotopic (exact) mass is 432 g/mol. The zero-order chi connectivity index (χ0) is 22.2. The minimum absolute atomic E-state index is 0. The van der Waals surface area contributed by atoms with Crippen LogP contribution in [0.2, 0.25) is 0 Å². The summed E-state index contributed by atoms with van der Waals surface area (Å²) in [6, 6.07) is 11.9. The molecule has 0 fully saturated rings. The number of ether oxygens (including phenoxy) is 2. The first-order valence-corrected chi connectivity index (χ1v) is 8.70. The van der Waals surface area contributed by atoms with Crippen LogP contribution < -0.4 is 20.9 Å². The Labute approximate surface area is 207 Å². The van der Waals surface area contributed by atoms with Crippen LogP contribution in [-0.4, -0.2) is 0 Å². The van der Waals surface area contributed by atoms with Crippen molar-refractivity contribution in [3.05, 3.63) is 42.5 Å². The first kappa shape index (κ1) is 21.9. The standard InChI is InChI=1S/C27H14N2O2.17H2/c1-2-3-4-5-6-7-8-9-10-11-12-13-14-21-30-24-16-18-25(19-17-24)31-27-20-15-23(28)22-26(27)29;;;;;;;;;;;;;;;;;/h15-20,22H,28-29H2,1H3;17*1H. The molecule has 0 bridgehead atoms. The van der Waals surface area contributed by atoms with E-state index in [1.165, 1.54) is 0 Å². The second-order valence-electron chi connectivity index (χ2n) is 5.32. The van der Waals surface area contributed by atoms with E-state index < -0.39 is 0 Å². The lowest BCUT2D eigenvalue weighted by atomic mass is 10.2. The van der Waals surface area contributed by atoms with Crippen LogP contribution in [0, 0.1) is 83.1 Å². The average molecular weight is 433 g/mol. The van der Waals surface area contributed by atoms with E-state index in [0.717, 1.165) is 0 Å². The largest absolute Gasteiger partial charge is 0.455 e. The summed E-state index contributed by atoms with van der Waals surface area (Å²) in [6.45, 7) is 1.70. The number of benzene rings is 2. The highest BCUT2D eigenvalue weighted by Gasteiger charge is 2.03. The summed E-state index contributed by atoms with van der Waals surface area (Å²) in [5.74, 6) is 34.7. The molecule has 0 radical (unpaired) electrons. The molecule has 4 N–H and O–H groups in total. The molecule has 0 aliphatic carbocycles. The van der Waals surface area contributed by atoms with E-state index in [9.17, 15) is 0 Å². The molecule has 178 valence electrons. The molecule has 2 aromatic carbocycles. The van der Waals surface area contributed by atoms with Gasteiger partial charge < -0.3 is 20.9 Å². The van der Waals surface area contributed by atoms with Crippen LogP contribution in [0.15, 0.2) is 42.5 Å². The van der Waals surface area contributed by atoms with E-state index in [1.54, 1.807) is 49.4 Å². The van der Waals surface area contributed by atoms with Crippen LogP contribution in [0.5, 0.6) is 17.2 Å². The van der Waals surface area contributed by atoms with Gasteiger partial charge in [-0.05, 0) is 84.9 Å². The van der Waals surface area contributed by atoms with E-state index in [-0.39, 0.29) is 24.3 Å². The van der Waals surface area contributed by atoms with Crippen molar-refractivity contribution in [1.29, 1.82) is 0 Å². The van der Waals surface area contributed by atoms with Gasteiger partial charge in [0.1, 0.15) is 23.4 Å². The maximum atomic E-state index is 5.87. The third-order valence-corrected chi connectivity index (χ3v) is 3.12. The summed E-state index contributed by atoms with van der Waals surface area (Å²) in [4.78, 5) is 0. The molecule has 0 atom stereocenters. The Morgan fingerprint density at radius 1 is 0.645 bits per heavy atom. The number of nitrogen functional groups attached to an aromatic ring is 2. The minimum Gasteiger partial charge on any atom is -0.455 e. The Hall–Kier alpha value is -5.44. The fourth-order valence-corrected chi connectivity index (χ4v) is 1.85. The Morgan fingerprint density at radius 2 is 1.16 bits per heavy atom. The lowest BCUT2D eigenvalue weighted by Crippen LogP contribution is -1.94.